The van der Waals surface area contributed by atoms with Crippen LogP contribution in [0.2, 0.25) is 0 Å². The third-order valence-electron chi connectivity index (χ3n) is 6.35. The fourth-order valence-electron chi connectivity index (χ4n) is 4.68. The van der Waals surface area contributed by atoms with E-state index in [4.69, 9.17) is 5.11 Å². The smallest absolute Gasteiger partial charge is 0.255 e. The van der Waals surface area contributed by atoms with Crippen molar-refractivity contribution < 1.29 is 18.7 Å². The first-order chi connectivity index (χ1) is 18.3. The van der Waals surface area contributed by atoms with Crippen LogP contribution >= 0.6 is 0 Å². The Morgan fingerprint density at radius 3 is 2.50 bits per heavy atom. The van der Waals surface area contributed by atoms with Crippen LogP contribution in [0.25, 0.3) is 11.3 Å². The summed E-state index contributed by atoms with van der Waals surface area (Å²) in [5, 5.41) is 16.3. The summed E-state index contributed by atoms with van der Waals surface area (Å²) < 4.78 is 29.7. The molecule has 5 rings (SSSR count). The Hall–Kier alpha value is -3.90. The van der Waals surface area contributed by atoms with E-state index in [1.807, 2.05) is 25.7 Å². The number of benzene rings is 1. The molecule has 2 aliphatic rings. The van der Waals surface area contributed by atoms with E-state index in [-0.39, 0.29) is 29.8 Å². The lowest BCUT2D eigenvalue weighted by molar-refractivity contribution is 0.0735. The summed E-state index contributed by atoms with van der Waals surface area (Å²) >= 11 is 0. The number of fused-ring (bicyclic) bond motifs is 1. The van der Waals surface area contributed by atoms with Crippen molar-refractivity contribution in [3.8, 4) is 11.3 Å². The van der Waals surface area contributed by atoms with Crippen LogP contribution < -0.4 is 20.9 Å². The van der Waals surface area contributed by atoms with Crippen LogP contribution in [0.15, 0.2) is 36.7 Å². The van der Waals surface area contributed by atoms with Gasteiger partial charge in [-0.15, -0.1) is 0 Å². The van der Waals surface area contributed by atoms with E-state index in [1.165, 1.54) is 12.3 Å². The van der Waals surface area contributed by atoms with Crippen LogP contribution in [0.1, 0.15) is 31.1 Å². The zero-order valence-electron chi connectivity index (χ0n) is 21.8. The van der Waals surface area contributed by atoms with Crippen molar-refractivity contribution in [3.05, 3.63) is 53.9 Å². The Balaban J connectivity index is 0.00000164. The second-order valence-corrected chi connectivity index (χ2v) is 9.16. The number of pyridine rings is 1. The largest absolute Gasteiger partial charge is 0.400 e. The van der Waals surface area contributed by atoms with Gasteiger partial charge in [-0.1, -0.05) is 0 Å². The number of aliphatic hydroxyl groups excluding tert-OH is 1. The molecule has 1 saturated heterocycles. The minimum Gasteiger partial charge on any atom is -0.400 e. The zero-order valence-corrected chi connectivity index (χ0v) is 21.8. The number of nitrogens with zero attached hydrogens (tertiary/aromatic N) is 5. The van der Waals surface area contributed by atoms with Crippen molar-refractivity contribution in [2.45, 2.75) is 33.0 Å². The van der Waals surface area contributed by atoms with Gasteiger partial charge in [0.15, 0.2) is 5.82 Å². The molecule has 3 aromatic rings. The molecule has 4 N–H and O–H groups in total. The Bertz CT molecular complexity index is 1280. The average molecular weight is 527 g/mol. The number of hydrogen-bond donors (Lipinski definition) is 4. The summed E-state index contributed by atoms with van der Waals surface area (Å²) in [6.07, 6.45) is 2.44. The number of nitrogens with one attached hydrogen (secondary N) is 3. The summed E-state index contributed by atoms with van der Waals surface area (Å²) in [6, 6.07) is 6.44. The number of piperazine rings is 1. The lowest BCUT2D eigenvalue weighted by atomic mass is 10.1. The third kappa shape index (κ3) is 5.50. The predicted octanol–water partition coefficient (Wildman–Crippen LogP) is 3.20. The Morgan fingerprint density at radius 2 is 1.84 bits per heavy atom. The lowest BCUT2D eigenvalue weighted by Crippen LogP contribution is -2.46. The fraction of sp³-hybridized carbons (Fsp3) is 0.385. The molecule has 2 aliphatic heterocycles. The molecule has 0 saturated carbocycles. The highest BCUT2D eigenvalue weighted by molar-refractivity contribution is 5.94. The van der Waals surface area contributed by atoms with E-state index < -0.39 is 11.6 Å². The lowest BCUT2D eigenvalue weighted by Gasteiger charge is -2.28. The zero-order chi connectivity index (χ0) is 27.4. The normalized spacial score (nSPS) is 16.5. The monoisotopic (exact) mass is 526 g/mol. The molecular formula is C26H32F2N8O2. The number of carbonyl (C=O) groups is 1. The minimum absolute atomic E-state index is 0.0250. The van der Waals surface area contributed by atoms with E-state index in [9.17, 15) is 13.6 Å². The topological polar surface area (TPSA) is 119 Å². The highest BCUT2D eigenvalue weighted by atomic mass is 19.1. The van der Waals surface area contributed by atoms with E-state index in [2.05, 4.69) is 30.9 Å². The fourth-order valence-corrected chi connectivity index (χ4v) is 4.68. The van der Waals surface area contributed by atoms with Crippen molar-refractivity contribution in [1.82, 2.24) is 25.2 Å². The second kappa shape index (κ2) is 11.7. The second-order valence-electron chi connectivity index (χ2n) is 9.16. The SMILES string of the molecule is CC(C)N1c2cc(-c3nc(Nc4ccc(C(=O)N5CCNCC5)cn4)ncc3F)cc(F)c2NC1C.CO. The maximum Gasteiger partial charge on any atom is 0.255 e. The van der Waals surface area contributed by atoms with Crippen molar-refractivity contribution in [2.24, 2.45) is 0 Å². The van der Waals surface area contributed by atoms with Gasteiger partial charge in [0.05, 0.1) is 29.3 Å². The molecule has 0 aliphatic carbocycles. The van der Waals surface area contributed by atoms with Crippen molar-refractivity contribution in [3.63, 3.8) is 0 Å². The Morgan fingerprint density at radius 1 is 1.11 bits per heavy atom. The third-order valence-corrected chi connectivity index (χ3v) is 6.35. The molecule has 1 aromatic carbocycles. The molecule has 1 atom stereocenters. The standard InChI is InChI=1S/C25H28F2N8O.CH4O/c1-14(2)35-15(3)31-23-18(26)10-17(11-20(23)35)22-19(27)13-30-25(33-22)32-21-5-4-16(12-29-21)24(36)34-8-6-28-7-9-34;1-2/h4-5,10-15,28,31H,6-9H2,1-3H3,(H,29,30,32,33);2H,1H3. The van der Waals surface area contributed by atoms with Gasteiger partial charge in [0.1, 0.15) is 17.3 Å². The molecule has 0 bridgehead atoms. The quantitative estimate of drug-likeness (QED) is 0.397. The van der Waals surface area contributed by atoms with Crippen LogP contribution in [0, 0.1) is 11.6 Å². The number of hydrogen-bond acceptors (Lipinski definition) is 9. The molecule has 12 heteroatoms. The molecule has 1 amide bonds. The van der Waals surface area contributed by atoms with Gasteiger partial charge in [-0.05, 0) is 45.0 Å². The first-order valence-corrected chi connectivity index (χ1v) is 12.4. The van der Waals surface area contributed by atoms with Gasteiger partial charge < -0.3 is 30.9 Å². The Kier molecular flexibility index (Phi) is 8.32. The van der Waals surface area contributed by atoms with Gasteiger partial charge in [-0.25, -0.2) is 23.7 Å². The van der Waals surface area contributed by atoms with Gasteiger partial charge >= 0.3 is 0 Å². The summed E-state index contributed by atoms with van der Waals surface area (Å²) in [5.74, 6) is -0.716. The van der Waals surface area contributed by atoms with Crippen molar-refractivity contribution in [1.29, 1.82) is 0 Å². The van der Waals surface area contributed by atoms with E-state index >= 15 is 0 Å². The number of amides is 1. The molecule has 0 radical (unpaired) electrons. The molecule has 10 nitrogen and oxygen atoms in total. The molecule has 202 valence electrons. The number of aromatic nitrogens is 3. The predicted molar refractivity (Wildman–Crippen MR) is 143 cm³/mol. The van der Waals surface area contributed by atoms with Gasteiger partial charge in [0.25, 0.3) is 5.91 Å². The number of halogens is 2. The van der Waals surface area contributed by atoms with Gasteiger partial charge in [0, 0.05) is 51.1 Å². The maximum atomic E-state index is 14.9. The van der Waals surface area contributed by atoms with E-state index in [0.29, 0.717) is 41.4 Å². The summed E-state index contributed by atoms with van der Waals surface area (Å²) in [4.78, 5) is 29.0. The van der Waals surface area contributed by atoms with Crippen LogP contribution in [0.3, 0.4) is 0 Å². The van der Waals surface area contributed by atoms with E-state index in [1.54, 1.807) is 23.1 Å². The summed E-state index contributed by atoms with van der Waals surface area (Å²) in [6.45, 7) is 8.81. The molecular weight excluding hydrogens is 494 g/mol. The van der Waals surface area contributed by atoms with Crippen LogP contribution in [-0.2, 0) is 0 Å². The van der Waals surface area contributed by atoms with Crippen LogP contribution in [-0.4, -0.2) is 76.4 Å². The molecule has 1 fully saturated rings. The summed E-state index contributed by atoms with van der Waals surface area (Å²) in [5.41, 5.74) is 1.82. The molecule has 4 heterocycles. The van der Waals surface area contributed by atoms with Gasteiger partial charge in [0.2, 0.25) is 5.95 Å². The first kappa shape index (κ1) is 27.1. The highest BCUT2D eigenvalue weighted by Crippen LogP contribution is 2.41. The molecule has 0 spiro atoms. The minimum atomic E-state index is -0.667. The Labute approximate surface area is 220 Å². The van der Waals surface area contributed by atoms with Crippen LogP contribution in [0.4, 0.5) is 31.9 Å². The van der Waals surface area contributed by atoms with Gasteiger partial charge in [-0.3, -0.25) is 4.79 Å². The average Bonchev–Trinajstić information content (AvgIpc) is 3.28. The molecule has 1 unspecified atom stereocenters. The first-order valence-electron chi connectivity index (χ1n) is 12.4. The van der Waals surface area contributed by atoms with E-state index in [0.717, 1.165) is 26.4 Å². The van der Waals surface area contributed by atoms with Crippen molar-refractivity contribution >= 4 is 29.0 Å². The van der Waals surface area contributed by atoms with Gasteiger partial charge in [-0.2, -0.15) is 0 Å². The van der Waals surface area contributed by atoms with Crippen molar-refractivity contribution in [2.75, 3.05) is 48.8 Å². The van der Waals surface area contributed by atoms with Crippen LogP contribution in [0.5, 0.6) is 0 Å². The summed E-state index contributed by atoms with van der Waals surface area (Å²) in [7, 11) is 1.00. The molecule has 38 heavy (non-hydrogen) atoms. The maximum absolute atomic E-state index is 14.9. The number of aliphatic hydroxyl groups is 1. The highest BCUT2D eigenvalue weighted by Gasteiger charge is 2.31. The molecule has 2 aromatic heterocycles. The number of anilines is 4. The number of rotatable bonds is 5. The number of carbonyl (C=O) groups excluding carboxylic acids is 1.